The summed E-state index contributed by atoms with van der Waals surface area (Å²) < 4.78 is 24.1. The van der Waals surface area contributed by atoms with E-state index in [0.29, 0.717) is 37.7 Å². The summed E-state index contributed by atoms with van der Waals surface area (Å²) in [5, 5.41) is 31.4. The lowest BCUT2D eigenvalue weighted by Crippen LogP contribution is -2.68. The van der Waals surface area contributed by atoms with E-state index in [9.17, 15) is 10.2 Å². The summed E-state index contributed by atoms with van der Waals surface area (Å²) in [7, 11) is 3.83. The number of fused-ring (bicyclic) bond motifs is 2. The van der Waals surface area contributed by atoms with Crippen LogP contribution in [0.15, 0.2) is 48.2 Å². The molecular weight excluding hydrogens is 457 g/mol. The first-order chi connectivity index (χ1) is 17.1. The third-order valence-electron chi connectivity index (χ3n) is 10.5. The number of benzene rings is 1. The lowest BCUT2D eigenvalue weighted by atomic mass is 9.53. The second kappa shape index (κ2) is 7.22. The van der Waals surface area contributed by atoms with E-state index in [-0.39, 0.29) is 17.4 Å². The van der Waals surface area contributed by atoms with Gasteiger partial charge in [-0.3, -0.25) is 0 Å². The molecule has 7 rings (SSSR count). The Morgan fingerprint density at radius 2 is 1.94 bits per heavy atom. The van der Waals surface area contributed by atoms with Gasteiger partial charge in [0.2, 0.25) is 0 Å². The Morgan fingerprint density at radius 3 is 2.75 bits per heavy atom. The van der Waals surface area contributed by atoms with E-state index in [1.165, 1.54) is 5.57 Å². The molecule has 2 saturated carbocycles. The zero-order valence-corrected chi connectivity index (χ0v) is 21.1. The van der Waals surface area contributed by atoms with Crippen LogP contribution in [0.2, 0.25) is 0 Å². The number of hydrogen-bond donors (Lipinski definition) is 2. The molecule has 2 N–H and O–H groups in total. The molecule has 3 heterocycles. The molecule has 2 unspecified atom stereocenters. The van der Waals surface area contributed by atoms with Gasteiger partial charge >= 0.3 is 0 Å². The van der Waals surface area contributed by atoms with E-state index in [4.69, 9.17) is 4.74 Å². The number of ether oxygens (including phenoxy) is 1. The minimum Gasteiger partial charge on any atom is -0.388 e. The Kier molecular flexibility index (Phi) is 4.61. The summed E-state index contributed by atoms with van der Waals surface area (Å²) in [6.07, 6.45) is 7.26. The normalized spacial score (nSPS) is 45.2. The highest BCUT2D eigenvalue weighted by Crippen LogP contribution is 2.71. The van der Waals surface area contributed by atoms with E-state index in [0.717, 1.165) is 22.9 Å². The number of rotatable bonds is 2. The van der Waals surface area contributed by atoms with Crippen LogP contribution < -0.4 is 0 Å². The van der Waals surface area contributed by atoms with Crippen LogP contribution in [0.1, 0.15) is 51.0 Å². The van der Waals surface area contributed by atoms with Gasteiger partial charge in [0.15, 0.2) is 5.67 Å². The molecule has 3 fully saturated rings. The minimum atomic E-state index is -1.66. The first-order valence-electron chi connectivity index (χ1n) is 13.2. The molecule has 5 aliphatic rings. The maximum absolute atomic E-state index is 17.1. The molecule has 1 saturated heterocycles. The molecule has 0 radical (unpaired) electrons. The first-order valence-corrected chi connectivity index (χ1v) is 13.2. The molecule has 2 aliphatic heterocycles. The molecule has 1 aromatic heterocycles. The van der Waals surface area contributed by atoms with E-state index >= 15 is 4.39 Å². The fourth-order valence-electron chi connectivity index (χ4n) is 8.58. The SMILES string of the molecule is CN(C)[C@H]1C[C@@]23CC[C@]4(O2)C2CC=C(c5ccc6ccnnc6c5)[C@@]2(C)CCC4(F)C=C3[C@@H](O)[C@@H]1O. The van der Waals surface area contributed by atoms with Gasteiger partial charge in [-0.15, -0.1) is 0 Å². The Balaban J connectivity index is 1.30. The van der Waals surface area contributed by atoms with Crippen molar-refractivity contribution in [2.75, 3.05) is 14.1 Å². The quantitative estimate of drug-likeness (QED) is 0.622. The van der Waals surface area contributed by atoms with Crippen molar-refractivity contribution >= 4 is 16.5 Å². The van der Waals surface area contributed by atoms with Gasteiger partial charge in [0.1, 0.15) is 11.7 Å². The summed E-state index contributed by atoms with van der Waals surface area (Å²) in [5.41, 5.74) is 0.265. The summed E-state index contributed by atoms with van der Waals surface area (Å²) in [4.78, 5) is 1.95. The van der Waals surface area contributed by atoms with Crippen LogP contribution in [-0.2, 0) is 4.74 Å². The van der Waals surface area contributed by atoms with E-state index in [1.807, 2.05) is 25.1 Å². The van der Waals surface area contributed by atoms with Gasteiger partial charge in [-0.1, -0.05) is 25.1 Å². The Labute approximate surface area is 210 Å². The zero-order valence-electron chi connectivity index (χ0n) is 21.1. The van der Waals surface area contributed by atoms with Crippen molar-refractivity contribution in [1.29, 1.82) is 0 Å². The van der Waals surface area contributed by atoms with Crippen molar-refractivity contribution in [3.05, 3.63) is 53.8 Å². The maximum atomic E-state index is 17.1. The molecule has 2 aromatic rings. The molecule has 3 aliphatic carbocycles. The highest BCUT2D eigenvalue weighted by atomic mass is 19.1. The van der Waals surface area contributed by atoms with Gasteiger partial charge in [0.05, 0.1) is 23.4 Å². The fraction of sp³-hybridized carbons (Fsp3) is 0.586. The van der Waals surface area contributed by atoms with E-state index in [1.54, 1.807) is 12.3 Å². The van der Waals surface area contributed by atoms with Gasteiger partial charge in [-0.2, -0.15) is 10.2 Å². The molecule has 8 atom stereocenters. The Bertz CT molecular complexity index is 1330. The van der Waals surface area contributed by atoms with Crippen molar-refractivity contribution in [3.63, 3.8) is 0 Å². The van der Waals surface area contributed by atoms with E-state index in [2.05, 4.69) is 41.4 Å². The van der Waals surface area contributed by atoms with Crippen LogP contribution in [0.3, 0.4) is 0 Å². The summed E-state index contributed by atoms with van der Waals surface area (Å²) in [6, 6.07) is 8.06. The first kappa shape index (κ1) is 23.0. The number of nitrogens with zero attached hydrogens (tertiary/aromatic N) is 3. The number of aromatic nitrogens is 2. The van der Waals surface area contributed by atoms with Crippen LogP contribution in [0, 0.1) is 11.3 Å². The average Bonchev–Trinajstić information content (AvgIpc) is 3.39. The highest BCUT2D eigenvalue weighted by molar-refractivity contribution is 5.84. The fourth-order valence-corrected chi connectivity index (χ4v) is 8.58. The molecule has 190 valence electrons. The number of allylic oxidation sites excluding steroid dienone is 2. The largest absolute Gasteiger partial charge is 0.388 e. The topological polar surface area (TPSA) is 78.7 Å². The van der Waals surface area contributed by atoms with Crippen LogP contribution >= 0.6 is 0 Å². The standard InChI is InChI=1S/C29H34FN3O3/c1-26-9-11-28(30)15-20-24(34)25(35)22(33(2)3)16-27(20)10-12-29(28,36-27)23(26)7-6-19(26)18-5-4-17-8-13-31-32-21(17)14-18/h4-6,8,13-15,22-25,34-35H,7,9-12,16H2,1-3H3/t22-,23?,24+,25+,26+,27+,28?,29-/m0/s1. The van der Waals surface area contributed by atoms with E-state index < -0.39 is 29.1 Å². The number of likely N-dealkylation sites (N-methyl/N-ethyl adjacent to an activating group) is 1. The lowest BCUT2D eigenvalue weighted by molar-refractivity contribution is -0.239. The zero-order chi connectivity index (χ0) is 25.1. The third-order valence-corrected chi connectivity index (χ3v) is 10.5. The molecular formula is C29H34FN3O3. The Hall–Kier alpha value is -2.19. The van der Waals surface area contributed by atoms with Crippen LogP contribution in [0.5, 0.6) is 0 Å². The number of alkyl halides is 1. The molecule has 36 heavy (non-hydrogen) atoms. The summed E-state index contributed by atoms with van der Waals surface area (Å²) >= 11 is 0. The van der Waals surface area contributed by atoms with Crippen molar-refractivity contribution in [2.24, 2.45) is 11.3 Å². The van der Waals surface area contributed by atoms with Gasteiger partial charge in [-0.05, 0) is 93.0 Å². The van der Waals surface area contributed by atoms with Crippen LogP contribution in [-0.4, -0.2) is 74.5 Å². The van der Waals surface area contributed by atoms with Crippen molar-refractivity contribution in [1.82, 2.24) is 15.1 Å². The minimum absolute atomic E-state index is 0.00437. The van der Waals surface area contributed by atoms with Crippen LogP contribution in [0.25, 0.3) is 16.5 Å². The van der Waals surface area contributed by atoms with Crippen molar-refractivity contribution in [2.45, 2.75) is 80.6 Å². The number of hydrogen-bond acceptors (Lipinski definition) is 6. The number of halogens is 1. The molecule has 7 heteroatoms. The molecule has 6 nitrogen and oxygen atoms in total. The second-order valence-corrected chi connectivity index (χ2v) is 12.2. The van der Waals surface area contributed by atoms with Crippen molar-refractivity contribution < 1.29 is 19.3 Å². The lowest BCUT2D eigenvalue weighted by Gasteiger charge is -2.60. The van der Waals surface area contributed by atoms with Gasteiger partial charge in [0.25, 0.3) is 0 Å². The predicted molar refractivity (Wildman–Crippen MR) is 135 cm³/mol. The van der Waals surface area contributed by atoms with Gasteiger partial charge in [-0.25, -0.2) is 4.39 Å². The van der Waals surface area contributed by atoms with Crippen LogP contribution in [0.4, 0.5) is 4.39 Å². The molecule has 0 amide bonds. The Morgan fingerprint density at radius 1 is 1.11 bits per heavy atom. The predicted octanol–water partition coefficient (Wildman–Crippen LogP) is 3.83. The smallest absolute Gasteiger partial charge is 0.158 e. The monoisotopic (exact) mass is 491 g/mol. The molecule has 2 bridgehead atoms. The average molecular weight is 492 g/mol. The summed E-state index contributed by atoms with van der Waals surface area (Å²) in [5.74, 6) is -0.00437. The maximum Gasteiger partial charge on any atom is 0.158 e. The third kappa shape index (κ3) is 2.70. The van der Waals surface area contributed by atoms with Gasteiger partial charge in [0, 0.05) is 17.3 Å². The number of aliphatic hydroxyl groups is 2. The highest BCUT2D eigenvalue weighted by Gasteiger charge is 2.74. The summed E-state index contributed by atoms with van der Waals surface area (Å²) in [6.45, 7) is 2.28. The number of aliphatic hydroxyl groups excluding tert-OH is 2. The van der Waals surface area contributed by atoms with Gasteiger partial charge < -0.3 is 19.8 Å². The van der Waals surface area contributed by atoms with Crippen molar-refractivity contribution in [3.8, 4) is 0 Å². The molecule has 2 spiro atoms. The second-order valence-electron chi connectivity index (χ2n) is 12.2. The molecule has 1 aromatic carbocycles.